The van der Waals surface area contributed by atoms with E-state index in [1.807, 2.05) is 0 Å². The quantitative estimate of drug-likeness (QED) is 0.132. The molecule has 0 rings (SSSR count). The first-order valence-corrected chi connectivity index (χ1v) is 9.43. The predicted octanol–water partition coefficient (Wildman–Crippen LogP) is -3.21. The first kappa shape index (κ1) is 27.1. The molecule has 0 heterocycles. The van der Waals surface area contributed by atoms with Crippen LogP contribution in [-0.4, -0.2) is 75.7 Å². The van der Waals surface area contributed by atoms with Gasteiger partial charge in [-0.15, -0.1) is 0 Å². The van der Waals surface area contributed by atoms with E-state index in [-0.39, 0.29) is 5.75 Å². The normalized spacial score (nSPS) is 14.7. The summed E-state index contributed by atoms with van der Waals surface area (Å²) in [5.74, 6) is -7.01. The molecule has 170 valence electrons. The van der Waals surface area contributed by atoms with Crippen LogP contribution in [0.2, 0.25) is 0 Å². The maximum absolute atomic E-state index is 12.5. The van der Waals surface area contributed by atoms with E-state index in [0.29, 0.717) is 0 Å². The van der Waals surface area contributed by atoms with E-state index < -0.39 is 78.5 Å². The van der Waals surface area contributed by atoms with Crippen molar-refractivity contribution in [3.8, 4) is 0 Å². The maximum atomic E-state index is 12.5. The summed E-state index contributed by atoms with van der Waals surface area (Å²) >= 11 is 3.95. The van der Waals surface area contributed by atoms with Crippen LogP contribution >= 0.6 is 12.6 Å². The summed E-state index contributed by atoms with van der Waals surface area (Å²) in [6.45, 7) is 3.19. The van der Waals surface area contributed by atoms with Gasteiger partial charge in [-0.05, 0) is 5.92 Å². The van der Waals surface area contributed by atoms with Crippen molar-refractivity contribution in [3.63, 3.8) is 0 Å². The summed E-state index contributed by atoms with van der Waals surface area (Å²) in [6.07, 6.45) is -1.29. The minimum absolute atomic E-state index is 0.224. The zero-order valence-electron chi connectivity index (χ0n) is 16.5. The smallest absolute Gasteiger partial charge is 0.326 e. The molecule has 0 aliphatic carbocycles. The summed E-state index contributed by atoms with van der Waals surface area (Å²) in [4.78, 5) is 69.6. The van der Waals surface area contributed by atoms with E-state index in [0.717, 1.165) is 0 Å². The third-order valence-corrected chi connectivity index (χ3v) is 4.18. The van der Waals surface area contributed by atoms with Crippen LogP contribution in [-0.2, 0) is 28.8 Å². The molecular formula is C16H27N5O8S. The largest absolute Gasteiger partial charge is 0.481 e. The molecule has 0 spiro atoms. The summed E-state index contributed by atoms with van der Waals surface area (Å²) in [6, 6.07) is -5.43. The van der Waals surface area contributed by atoms with Crippen molar-refractivity contribution in [1.29, 1.82) is 0 Å². The number of nitrogens with one attached hydrogen (secondary N) is 3. The summed E-state index contributed by atoms with van der Waals surface area (Å²) in [7, 11) is 0. The Balaban J connectivity index is 5.19. The Morgan fingerprint density at radius 3 is 1.80 bits per heavy atom. The van der Waals surface area contributed by atoms with Gasteiger partial charge in [0.2, 0.25) is 23.6 Å². The first-order chi connectivity index (χ1) is 13.8. The van der Waals surface area contributed by atoms with Gasteiger partial charge in [0.15, 0.2) is 0 Å². The molecule has 0 aliphatic rings. The molecule has 0 aliphatic heterocycles. The Labute approximate surface area is 177 Å². The van der Waals surface area contributed by atoms with Crippen molar-refractivity contribution in [2.24, 2.45) is 17.4 Å². The number of carbonyl (C=O) groups excluding carboxylic acids is 4. The molecule has 0 bridgehead atoms. The van der Waals surface area contributed by atoms with Crippen LogP contribution in [0.15, 0.2) is 0 Å². The van der Waals surface area contributed by atoms with Gasteiger partial charge >= 0.3 is 11.9 Å². The molecule has 0 aromatic heterocycles. The molecular weight excluding hydrogens is 422 g/mol. The Morgan fingerprint density at radius 1 is 0.867 bits per heavy atom. The zero-order chi connectivity index (χ0) is 23.6. The minimum Gasteiger partial charge on any atom is -0.481 e. The molecule has 0 aromatic rings. The van der Waals surface area contributed by atoms with Gasteiger partial charge in [0, 0.05) is 5.75 Å². The van der Waals surface area contributed by atoms with E-state index in [4.69, 9.17) is 21.7 Å². The Kier molecular flexibility index (Phi) is 11.4. The number of carboxylic acid groups (broad SMARTS) is 2. The lowest BCUT2D eigenvalue weighted by Crippen LogP contribution is -2.59. The van der Waals surface area contributed by atoms with Crippen molar-refractivity contribution in [2.75, 3.05) is 5.75 Å². The first-order valence-electron chi connectivity index (χ1n) is 8.80. The van der Waals surface area contributed by atoms with E-state index in [9.17, 15) is 28.8 Å². The van der Waals surface area contributed by atoms with Gasteiger partial charge in [-0.1, -0.05) is 13.8 Å². The standard InChI is InChI=1S/C16H27N5O8S/c1-6(2)12(21-13(25)7(17)3-11(23)24)15(27)20-9(5-30)14(26)19-8(16(28)29)4-10(18)22/h6-9,12,30H,3-5,17H2,1-2H3,(H2,18,22)(H,19,26)(H,20,27)(H,21,25)(H,23,24)(H,28,29). The molecule has 0 saturated carbocycles. The van der Waals surface area contributed by atoms with E-state index in [2.05, 4.69) is 28.6 Å². The fraction of sp³-hybridized carbons (Fsp3) is 0.625. The SMILES string of the molecule is CC(C)C(NC(=O)C(N)CC(=O)O)C(=O)NC(CS)C(=O)NC(CC(N)=O)C(=O)O. The number of amides is 4. The third-order valence-electron chi connectivity index (χ3n) is 3.81. The highest BCUT2D eigenvalue weighted by Gasteiger charge is 2.31. The molecule has 4 atom stereocenters. The number of carboxylic acids is 2. The van der Waals surface area contributed by atoms with Crippen LogP contribution < -0.4 is 27.4 Å². The van der Waals surface area contributed by atoms with Crippen LogP contribution in [0.1, 0.15) is 26.7 Å². The highest BCUT2D eigenvalue weighted by molar-refractivity contribution is 7.80. The van der Waals surface area contributed by atoms with Gasteiger partial charge in [-0.25, -0.2) is 4.79 Å². The lowest BCUT2D eigenvalue weighted by molar-refractivity contribution is -0.143. The van der Waals surface area contributed by atoms with Crippen molar-refractivity contribution in [1.82, 2.24) is 16.0 Å². The van der Waals surface area contributed by atoms with Crippen molar-refractivity contribution in [3.05, 3.63) is 0 Å². The zero-order valence-corrected chi connectivity index (χ0v) is 17.3. The Bertz CT molecular complexity index is 687. The highest BCUT2D eigenvalue weighted by atomic mass is 32.1. The second-order valence-corrected chi connectivity index (χ2v) is 7.11. The fourth-order valence-corrected chi connectivity index (χ4v) is 2.46. The number of carbonyl (C=O) groups is 6. The van der Waals surface area contributed by atoms with Gasteiger partial charge in [0.25, 0.3) is 0 Å². The molecule has 0 aromatic carbocycles. The molecule has 0 saturated heterocycles. The number of aliphatic carboxylic acids is 2. The van der Waals surface area contributed by atoms with Gasteiger partial charge in [-0.3, -0.25) is 24.0 Å². The topological polar surface area (TPSA) is 231 Å². The monoisotopic (exact) mass is 449 g/mol. The third kappa shape index (κ3) is 9.56. The average Bonchev–Trinajstić information content (AvgIpc) is 2.61. The number of hydrogen-bond acceptors (Lipinski definition) is 8. The van der Waals surface area contributed by atoms with Crippen LogP contribution in [0.3, 0.4) is 0 Å². The van der Waals surface area contributed by atoms with Crippen LogP contribution in [0, 0.1) is 5.92 Å². The Hall–Kier alpha value is -2.87. The summed E-state index contributed by atoms with van der Waals surface area (Å²) in [5.41, 5.74) is 10.4. The van der Waals surface area contributed by atoms with E-state index in [1.165, 1.54) is 0 Å². The van der Waals surface area contributed by atoms with Gasteiger partial charge in [-0.2, -0.15) is 12.6 Å². The minimum atomic E-state index is -1.59. The predicted molar refractivity (Wildman–Crippen MR) is 106 cm³/mol. The second kappa shape index (κ2) is 12.6. The number of thiol groups is 1. The summed E-state index contributed by atoms with van der Waals surface area (Å²) < 4.78 is 0. The van der Waals surface area contributed by atoms with E-state index >= 15 is 0 Å². The number of primary amides is 1. The number of nitrogens with two attached hydrogens (primary N) is 2. The average molecular weight is 449 g/mol. The summed E-state index contributed by atoms with van der Waals surface area (Å²) in [5, 5.41) is 24.5. The van der Waals surface area contributed by atoms with Crippen LogP contribution in [0.4, 0.5) is 0 Å². The van der Waals surface area contributed by atoms with Crippen molar-refractivity contribution >= 4 is 48.2 Å². The van der Waals surface area contributed by atoms with E-state index in [1.54, 1.807) is 13.8 Å². The van der Waals surface area contributed by atoms with Crippen LogP contribution in [0.25, 0.3) is 0 Å². The Morgan fingerprint density at radius 2 is 1.40 bits per heavy atom. The number of hydrogen-bond donors (Lipinski definition) is 8. The molecule has 13 nitrogen and oxygen atoms in total. The molecule has 4 amide bonds. The molecule has 14 heteroatoms. The molecule has 9 N–H and O–H groups in total. The molecule has 30 heavy (non-hydrogen) atoms. The highest BCUT2D eigenvalue weighted by Crippen LogP contribution is 2.05. The maximum Gasteiger partial charge on any atom is 0.326 e. The van der Waals surface area contributed by atoms with Crippen molar-refractivity contribution < 1.29 is 39.0 Å². The second-order valence-electron chi connectivity index (χ2n) is 6.75. The molecule has 4 unspecified atom stereocenters. The lowest BCUT2D eigenvalue weighted by atomic mass is 10.0. The molecule has 0 fully saturated rings. The lowest BCUT2D eigenvalue weighted by Gasteiger charge is -2.26. The van der Waals surface area contributed by atoms with Gasteiger partial charge < -0.3 is 37.6 Å². The number of rotatable bonds is 13. The van der Waals surface area contributed by atoms with Gasteiger partial charge in [0.1, 0.15) is 18.1 Å². The molecule has 0 radical (unpaired) electrons. The van der Waals surface area contributed by atoms with Crippen LogP contribution in [0.5, 0.6) is 0 Å². The van der Waals surface area contributed by atoms with Crippen molar-refractivity contribution in [2.45, 2.75) is 50.9 Å². The van der Waals surface area contributed by atoms with Gasteiger partial charge in [0.05, 0.1) is 18.9 Å². The fourth-order valence-electron chi connectivity index (χ4n) is 2.21.